The summed E-state index contributed by atoms with van der Waals surface area (Å²) in [5.41, 5.74) is 8.28. The first kappa shape index (κ1) is 14.6. The zero-order chi connectivity index (χ0) is 14.4. The Bertz CT molecular complexity index is 513. The summed E-state index contributed by atoms with van der Waals surface area (Å²) in [6.45, 7) is 1.73. The van der Waals surface area contributed by atoms with Crippen LogP contribution in [0.15, 0.2) is 48.8 Å². The highest BCUT2D eigenvalue weighted by molar-refractivity contribution is 5.19. The SMILES string of the molecule is CN(CCC(N)c1ccc(F)cc1)Cc1cccnc1. The fourth-order valence-corrected chi connectivity index (χ4v) is 2.12. The molecule has 1 atom stereocenters. The van der Waals surface area contributed by atoms with Gasteiger partial charge in [-0.15, -0.1) is 0 Å². The first-order valence-electron chi connectivity index (χ1n) is 6.73. The Morgan fingerprint density at radius 2 is 2.00 bits per heavy atom. The number of rotatable bonds is 6. The molecule has 0 aliphatic rings. The van der Waals surface area contributed by atoms with Crippen LogP contribution in [0.4, 0.5) is 4.39 Å². The molecule has 2 N–H and O–H groups in total. The predicted molar refractivity (Wildman–Crippen MR) is 78.5 cm³/mol. The molecule has 0 spiro atoms. The molecule has 0 aliphatic carbocycles. The van der Waals surface area contributed by atoms with Gasteiger partial charge in [-0.2, -0.15) is 0 Å². The first-order valence-corrected chi connectivity index (χ1v) is 6.73. The van der Waals surface area contributed by atoms with Crippen LogP contribution in [-0.4, -0.2) is 23.5 Å². The van der Waals surface area contributed by atoms with Gasteiger partial charge in [-0.3, -0.25) is 4.98 Å². The van der Waals surface area contributed by atoms with Crippen molar-refractivity contribution in [3.05, 3.63) is 65.7 Å². The molecule has 3 nitrogen and oxygen atoms in total. The summed E-state index contributed by atoms with van der Waals surface area (Å²) in [5.74, 6) is -0.227. The van der Waals surface area contributed by atoms with Crippen LogP contribution in [0.5, 0.6) is 0 Å². The van der Waals surface area contributed by atoms with Gasteiger partial charge in [0.25, 0.3) is 0 Å². The molecule has 2 aromatic rings. The van der Waals surface area contributed by atoms with Gasteiger partial charge in [0.05, 0.1) is 0 Å². The highest BCUT2D eigenvalue weighted by Crippen LogP contribution is 2.15. The molecule has 0 saturated carbocycles. The molecule has 20 heavy (non-hydrogen) atoms. The summed E-state index contributed by atoms with van der Waals surface area (Å²) >= 11 is 0. The van der Waals surface area contributed by atoms with Crippen molar-refractivity contribution in [2.75, 3.05) is 13.6 Å². The highest BCUT2D eigenvalue weighted by atomic mass is 19.1. The second-order valence-corrected chi connectivity index (χ2v) is 5.05. The average Bonchev–Trinajstić information content (AvgIpc) is 2.46. The predicted octanol–water partition coefficient (Wildman–Crippen LogP) is 2.74. The fourth-order valence-electron chi connectivity index (χ4n) is 2.12. The third-order valence-corrected chi connectivity index (χ3v) is 3.30. The molecule has 0 saturated heterocycles. The van der Waals surface area contributed by atoms with Crippen molar-refractivity contribution in [3.8, 4) is 0 Å². The van der Waals surface area contributed by atoms with Crippen LogP contribution >= 0.6 is 0 Å². The summed E-state index contributed by atoms with van der Waals surface area (Å²) in [5, 5.41) is 0. The van der Waals surface area contributed by atoms with E-state index < -0.39 is 0 Å². The number of benzene rings is 1. The summed E-state index contributed by atoms with van der Waals surface area (Å²) in [4.78, 5) is 6.31. The van der Waals surface area contributed by atoms with Gasteiger partial charge in [-0.05, 0) is 49.3 Å². The molecule has 1 heterocycles. The maximum atomic E-state index is 12.9. The van der Waals surface area contributed by atoms with Crippen molar-refractivity contribution >= 4 is 0 Å². The lowest BCUT2D eigenvalue weighted by atomic mass is 10.0. The van der Waals surface area contributed by atoms with Crippen LogP contribution in [-0.2, 0) is 6.54 Å². The molecular weight excluding hydrogens is 253 g/mol. The van der Waals surface area contributed by atoms with Gasteiger partial charge in [0, 0.05) is 25.0 Å². The van der Waals surface area contributed by atoms with Gasteiger partial charge in [-0.25, -0.2) is 4.39 Å². The number of halogens is 1. The quantitative estimate of drug-likeness (QED) is 0.880. The Hall–Kier alpha value is -1.78. The Kier molecular flexibility index (Phi) is 5.21. The standard InChI is InChI=1S/C16H20FN3/c1-20(12-13-3-2-9-19-11-13)10-8-16(18)14-4-6-15(17)7-5-14/h2-7,9,11,16H,8,10,12,18H2,1H3. The minimum atomic E-state index is -0.227. The maximum Gasteiger partial charge on any atom is 0.123 e. The van der Waals surface area contributed by atoms with Crippen molar-refractivity contribution in [1.29, 1.82) is 0 Å². The van der Waals surface area contributed by atoms with Gasteiger partial charge in [0.2, 0.25) is 0 Å². The molecule has 0 aliphatic heterocycles. The molecule has 2 rings (SSSR count). The van der Waals surface area contributed by atoms with E-state index in [-0.39, 0.29) is 11.9 Å². The Balaban J connectivity index is 1.81. The van der Waals surface area contributed by atoms with Crippen LogP contribution in [0.25, 0.3) is 0 Å². The van der Waals surface area contributed by atoms with E-state index >= 15 is 0 Å². The largest absolute Gasteiger partial charge is 0.324 e. The molecule has 1 unspecified atom stereocenters. The minimum Gasteiger partial charge on any atom is -0.324 e. The normalized spacial score (nSPS) is 12.6. The summed E-state index contributed by atoms with van der Waals surface area (Å²) < 4.78 is 12.9. The third-order valence-electron chi connectivity index (χ3n) is 3.30. The number of aromatic nitrogens is 1. The number of hydrogen-bond donors (Lipinski definition) is 1. The topological polar surface area (TPSA) is 42.1 Å². The highest BCUT2D eigenvalue weighted by Gasteiger charge is 2.08. The van der Waals surface area contributed by atoms with E-state index in [0.29, 0.717) is 0 Å². The van der Waals surface area contributed by atoms with E-state index in [0.717, 1.165) is 25.1 Å². The van der Waals surface area contributed by atoms with E-state index in [2.05, 4.69) is 23.0 Å². The van der Waals surface area contributed by atoms with E-state index in [9.17, 15) is 4.39 Å². The van der Waals surface area contributed by atoms with Crippen molar-refractivity contribution in [3.63, 3.8) is 0 Å². The number of pyridine rings is 1. The van der Waals surface area contributed by atoms with Crippen molar-refractivity contribution in [1.82, 2.24) is 9.88 Å². The number of nitrogens with zero attached hydrogens (tertiary/aromatic N) is 2. The van der Waals surface area contributed by atoms with E-state index in [4.69, 9.17) is 5.73 Å². The van der Waals surface area contributed by atoms with Gasteiger partial charge < -0.3 is 10.6 Å². The van der Waals surface area contributed by atoms with Gasteiger partial charge in [0.15, 0.2) is 0 Å². The third kappa shape index (κ3) is 4.40. The summed E-state index contributed by atoms with van der Waals surface area (Å²) in [6.07, 6.45) is 4.48. The second-order valence-electron chi connectivity index (χ2n) is 5.05. The molecule has 0 radical (unpaired) electrons. The smallest absolute Gasteiger partial charge is 0.123 e. The lowest BCUT2D eigenvalue weighted by Crippen LogP contribution is -2.23. The molecule has 1 aromatic heterocycles. The minimum absolute atomic E-state index is 0.0630. The summed E-state index contributed by atoms with van der Waals surface area (Å²) in [7, 11) is 2.06. The van der Waals surface area contributed by atoms with Crippen LogP contribution in [0.3, 0.4) is 0 Å². The van der Waals surface area contributed by atoms with Crippen LogP contribution < -0.4 is 5.73 Å². The lowest BCUT2D eigenvalue weighted by Gasteiger charge is -2.19. The molecule has 0 fully saturated rings. The summed E-state index contributed by atoms with van der Waals surface area (Å²) in [6, 6.07) is 10.3. The maximum absolute atomic E-state index is 12.9. The van der Waals surface area contributed by atoms with Crippen LogP contribution in [0.1, 0.15) is 23.6 Å². The van der Waals surface area contributed by atoms with E-state index in [1.165, 1.54) is 17.7 Å². The molecule has 0 bridgehead atoms. The van der Waals surface area contributed by atoms with Crippen molar-refractivity contribution < 1.29 is 4.39 Å². The van der Waals surface area contributed by atoms with E-state index in [1.54, 1.807) is 18.3 Å². The molecular formula is C16H20FN3. The number of hydrogen-bond acceptors (Lipinski definition) is 3. The lowest BCUT2D eigenvalue weighted by molar-refractivity contribution is 0.311. The van der Waals surface area contributed by atoms with Gasteiger partial charge in [0.1, 0.15) is 5.82 Å². The average molecular weight is 273 g/mol. The Morgan fingerprint density at radius 3 is 2.65 bits per heavy atom. The molecule has 1 aromatic carbocycles. The Labute approximate surface area is 119 Å². The first-order chi connectivity index (χ1) is 9.65. The van der Waals surface area contributed by atoms with E-state index in [1.807, 2.05) is 12.3 Å². The zero-order valence-electron chi connectivity index (χ0n) is 11.7. The van der Waals surface area contributed by atoms with Gasteiger partial charge in [-0.1, -0.05) is 18.2 Å². The number of nitrogens with two attached hydrogens (primary N) is 1. The monoisotopic (exact) mass is 273 g/mol. The van der Waals surface area contributed by atoms with Crippen molar-refractivity contribution in [2.24, 2.45) is 5.73 Å². The van der Waals surface area contributed by atoms with Gasteiger partial charge >= 0.3 is 0 Å². The van der Waals surface area contributed by atoms with Crippen LogP contribution in [0, 0.1) is 5.82 Å². The molecule has 4 heteroatoms. The zero-order valence-corrected chi connectivity index (χ0v) is 11.7. The fraction of sp³-hybridized carbons (Fsp3) is 0.312. The molecule has 106 valence electrons. The van der Waals surface area contributed by atoms with Crippen LogP contribution in [0.2, 0.25) is 0 Å². The second kappa shape index (κ2) is 7.12. The molecule has 0 amide bonds. The Morgan fingerprint density at radius 1 is 1.25 bits per heavy atom. The van der Waals surface area contributed by atoms with Crippen molar-refractivity contribution in [2.45, 2.75) is 19.0 Å².